The zero-order valence-corrected chi connectivity index (χ0v) is 13.5. The van der Waals surface area contributed by atoms with Gasteiger partial charge in [-0.15, -0.1) is 0 Å². The number of piperidine rings is 1. The van der Waals surface area contributed by atoms with Crippen molar-refractivity contribution >= 4 is 11.8 Å². The van der Waals surface area contributed by atoms with E-state index >= 15 is 0 Å². The second kappa shape index (κ2) is 6.86. The SMILES string of the molecule is O=C1CN(CC2(O)CCCN(Cc3ccccc3F)C2=O)CCN1. The highest BCUT2D eigenvalue weighted by atomic mass is 19.1. The van der Waals surface area contributed by atoms with Crippen LogP contribution < -0.4 is 5.32 Å². The number of β-amino-alcohol motifs (C(OH)–C–C–N with tert-alkyl or cyclic N) is 1. The van der Waals surface area contributed by atoms with Crippen molar-refractivity contribution in [2.24, 2.45) is 0 Å². The first-order chi connectivity index (χ1) is 11.5. The molecule has 1 aromatic rings. The van der Waals surface area contributed by atoms with Gasteiger partial charge in [0, 0.05) is 38.3 Å². The highest BCUT2D eigenvalue weighted by molar-refractivity contribution is 5.86. The van der Waals surface area contributed by atoms with Gasteiger partial charge in [-0.25, -0.2) is 4.39 Å². The number of likely N-dealkylation sites (tertiary alicyclic amines) is 1. The lowest BCUT2D eigenvalue weighted by Gasteiger charge is -2.41. The number of rotatable bonds is 4. The van der Waals surface area contributed by atoms with E-state index in [4.69, 9.17) is 0 Å². The minimum Gasteiger partial charge on any atom is -0.379 e. The van der Waals surface area contributed by atoms with Crippen LogP contribution in [0.3, 0.4) is 0 Å². The Bertz CT molecular complexity index is 639. The highest BCUT2D eigenvalue weighted by Crippen LogP contribution is 2.26. The molecule has 0 bridgehead atoms. The van der Waals surface area contributed by atoms with Crippen LogP contribution >= 0.6 is 0 Å². The molecule has 0 aromatic heterocycles. The van der Waals surface area contributed by atoms with Gasteiger partial charge >= 0.3 is 0 Å². The number of nitrogens with zero attached hydrogens (tertiary/aromatic N) is 2. The molecule has 2 aliphatic heterocycles. The van der Waals surface area contributed by atoms with Gasteiger partial charge in [0.15, 0.2) is 5.60 Å². The molecule has 0 saturated carbocycles. The maximum Gasteiger partial charge on any atom is 0.256 e. The summed E-state index contributed by atoms with van der Waals surface area (Å²) in [5.41, 5.74) is -1.08. The molecule has 7 heteroatoms. The molecule has 0 radical (unpaired) electrons. The van der Waals surface area contributed by atoms with Gasteiger partial charge in [-0.2, -0.15) is 0 Å². The molecule has 0 spiro atoms. The van der Waals surface area contributed by atoms with E-state index in [9.17, 15) is 19.1 Å². The van der Waals surface area contributed by atoms with E-state index in [-0.39, 0.29) is 37.3 Å². The molecule has 130 valence electrons. The summed E-state index contributed by atoms with van der Waals surface area (Å²) in [5.74, 6) is -0.841. The third kappa shape index (κ3) is 3.57. The smallest absolute Gasteiger partial charge is 0.256 e. The Morgan fingerprint density at radius 2 is 2.04 bits per heavy atom. The van der Waals surface area contributed by atoms with Crippen molar-refractivity contribution in [3.63, 3.8) is 0 Å². The molecule has 2 N–H and O–H groups in total. The van der Waals surface area contributed by atoms with Crippen molar-refractivity contribution in [2.75, 3.05) is 32.7 Å². The Hall–Kier alpha value is -1.99. The highest BCUT2D eigenvalue weighted by Gasteiger charge is 2.43. The Morgan fingerprint density at radius 3 is 2.79 bits per heavy atom. The Balaban J connectivity index is 1.69. The molecule has 2 aliphatic rings. The predicted molar refractivity (Wildman–Crippen MR) is 85.5 cm³/mol. The first-order valence-electron chi connectivity index (χ1n) is 8.22. The van der Waals surface area contributed by atoms with Crippen LogP contribution in [0.4, 0.5) is 4.39 Å². The Morgan fingerprint density at radius 1 is 1.25 bits per heavy atom. The number of nitrogens with one attached hydrogen (secondary N) is 1. The number of hydrogen-bond donors (Lipinski definition) is 2. The molecular weight excluding hydrogens is 313 g/mol. The van der Waals surface area contributed by atoms with E-state index in [1.54, 1.807) is 23.1 Å². The summed E-state index contributed by atoms with van der Waals surface area (Å²) < 4.78 is 13.8. The van der Waals surface area contributed by atoms with Crippen LogP contribution in [0.15, 0.2) is 24.3 Å². The fourth-order valence-electron chi connectivity index (χ4n) is 3.39. The summed E-state index contributed by atoms with van der Waals surface area (Å²) in [6, 6.07) is 6.34. The van der Waals surface area contributed by atoms with Crippen LogP contribution in [-0.4, -0.2) is 65.0 Å². The maximum absolute atomic E-state index is 13.8. The number of benzene rings is 1. The van der Waals surface area contributed by atoms with Crippen LogP contribution in [0.25, 0.3) is 0 Å². The van der Waals surface area contributed by atoms with Gasteiger partial charge in [0.2, 0.25) is 5.91 Å². The van der Waals surface area contributed by atoms with Crippen LogP contribution in [0.2, 0.25) is 0 Å². The number of carbonyl (C=O) groups is 2. The van der Waals surface area contributed by atoms with Crippen LogP contribution in [0.1, 0.15) is 18.4 Å². The van der Waals surface area contributed by atoms with E-state index in [1.165, 1.54) is 11.0 Å². The summed E-state index contributed by atoms with van der Waals surface area (Å²) in [5, 5.41) is 13.6. The van der Waals surface area contributed by atoms with E-state index in [1.807, 2.05) is 0 Å². The lowest BCUT2D eigenvalue weighted by atomic mass is 9.90. The molecule has 24 heavy (non-hydrogen) atoms. The van der Waals surface area contributed by atoms with Gasteiger partial charge in [-0.1, -0.05) is 18.2 Å². The number of piperazine rings is 1. The molecule has 1 aromatic carbocycles. The number of halogens is 1. The summed E-state index contributed by atoms with van der Waals surface area (Å²) in [7, 11) is 0. The fraction of sp³-hybridized carbons (Fsp3) is 0.529. The molecule has 2 fully saturated rings. The van der Waals surface area contributed by atoms with Crippen LogP contribution in [-0.2, 0) is 16.1 Å². The van der Waals surface area contributed by atoms with Crippen LogP contribution in [0, 0.1) is 5.82 Å². The maximum atomic E-state index is 13.8. The quantitative estimate of drug-likeness (QED) is 0.819. The summed E-state index contributed by atoms with van der Waals surface area (Å²) in [6.07, 6.45) is 1.01. The van der Waals surface area contributed by atoms with E-state index < -0.39 is 5.60 Å². The molecule has 2 saturated heterocycles. The zero-order chi connectivity index (χ0) is 17.2. The number of aliphatic hydroxyl groups is 1. The summed E-state index contributed by atoms with van der Waals surface area (Å²) >= 11 is 0. The van der Waals surface area contributed by atoms with Gasteiger partial charge in [0.05, 0.1) is 6.54 Å². The van der Waals surface area contributed by atoms with Crippen molar-refractivity contribution in [1.29, 1.82) is 0 Å². The standard InChI is InChI=1S/C17H22FN3O3/c18-14-5-2-1-4-13(14)10-21-8-3-6-17(24,16(21)23)12-20-9-7-19-15(22)11-20/h1-2,4-5,24H,3,6-12H2,(H,19,22). The zero-order valence-electron chi connectivity index (χ0n) is 13.5. The van der Waals surface area contributed by atoms with Crippen molar-refractivity contribution in [3.8, 4) is 0 Å². The third-order valence-corrected chi connectivity index (χ3v) is 4.63. The molecule has 3 rings (SSSR count). The number of amides is 2. The normalized spacial score (nSPS) is 25.7. The van der Waals surface area contributed by atoms with Crippen molar-refractivity contribution in [1.82, 2.24) is 15.1 Å². The third-order valence-electron chi connectivity index (χ3n) is 4.63. The first kappa shape index (κ1) is 16.9. The molecule has 2 heterocycles. The van der Waals surface area contributed by atoms with Gasteiger partial charge in [0.1, 0.15) is 5.82 Å². The molecule has 2 amide bonds. The molecule has 1 unspecified atom stereocenters. The van der Waals surface area contributed by atoms with Gasteiger partial charge in [-0.05, 0) is 18.9 Å². The Kier molecular flexibility index (Phi) is 4.82. The van der Waals surface area contributed by atoms with E-state index in [0.717, 1.165) is 0 Å². The summed E-state index contributed by atoms with van der Waals surface area (Å²) in [6.45, 7) is 2.08. The van der Waals surface area contributed by atoms with Crippen molar-refractivity contribution < 1.29 is 19.1 Å². The second-order valence-corrected chi connectivity index (χ2v) is 6.51. The van der Waals surface area contributed by atoms with Crippen molar-refractivity contribution in [2.45, 2.75) is 25.0 Å². The second-order valence-electron chi connectivity index (χ2n) is 6.51. The van der Waals surface area contributed by atoms with Gasteiger partial charge in [0.25, 0.3) is 5.91 Å². The largest absolute Gasteiger partial charge is 0.379 e. The minimum absolute atomic E-state index is 0.101. The number of carbonyl (C=O) groups excluding carboxylic acids is 2. The molecule has 6 nitrogen and oxygen atoms in total. The first-order valence-corrected chi connectivity index (χ1v) is 8.22. The lowest BCUT2D eigenvalue weighted by molar-refractivity contribution is -0.161. The predicted octanol–water partition coefficient (Wildman–Crippen LogP) is 0.111. The topological polar surface area (TPSA) is 72.9 Å². The average molecular weight is 335 g/mol. The lowest BCUT2D eigenvalue weighted by Crippen LogP contribution is -2.60. The van der Waals surface area contributed by atoms with Gasteiger partial charge < -0.3 is 15.3 Å². The average Bonchev–Trinajstić information content (AvgIpc) is 2.54. The van der Waals surface area contributed by atoms with Crippen molar-refractivity contribution in [3.05, 3.63) is 35.6 Å². The number of hydrogen-bond acceptors (Lipinski definition) is 4. The summed E-state index contributed by atoms with van der Waals surface area (Å²) in [4.78, 5) is 27.5. The molecular formula is C17H22FN3O3. The Labute approximate surface area is 140 Å². The molecule has 1 atom stereocenters. The van der Waals surface area contributed by atoms with Gasteiger partial charge in [-0.3, -0.25) is 14.5 Å². The monoisotopic (exact) mass is 335 g/mol. The van der Waals surface area contributed by atoms with Crippen LogP contribution in [0.5, 0.6) is 0 Å². The van der Waals surface area contributed by atoms with E-state index in [2.05, 4.69) is 5.32 Å². The minimum atomic E-state index is -1.51. The fourth-order valence-corrected chi connectivity index (χ4v) is 3.39. The molecule has 0 aliphatic carbocycles. The van der Waals surface area contributed by atoms with E-state index in [0.29, 0.717) is 38.0 Å².